The first-order valence-corrected chi connectivity index (χ1v) is 5.80. The fourth-order valence-corrected chi connectivity index (χ4v) is 2.20. The van der Waals surface area contributed by atoms with Crippen LogP contribution in [0.3, 0.4) is 0 Å². The van der Waals surface area contributed by atoms with Crippen LogP contribution < -0.4 is 5.32 Å². The number of rotatable bonds is 1. The van der Waals surface area contributed by atoms with Gasteiger partial charge in [-0.25, -0.2) is 0 Å². The van der Waals surface area contributed by atoms with Crippen LogP contribution in [-0.4, -0.2) is 31.6 Å². The van der Waals surface area contributed by atoms with Gasteiger partial charge in [-0.1, -0.05) is 29.3 Å². The predicted molar refractivity (Wildman–Crippen MR) is 64.7 cm³/mol. The highest BCUT2D eigenvalue weighted by atomic mass is 35.5. The van der Waals surface area contributed by atoms with Crippen LogP contribution in [0, 0.1) is 0 Å². The van der Waals surface area contributed by atoms with Gasteiger partial charge in [0.15, 0.2) is 0 Å². The summed E-state index contributed by atoms with van der Waals surface area (Å²) in [5.41, 5.74) is 1.22. The van der Waals surface area contributed by atoms with Crippen molar-refractivity contribution < 1.29 is 0 Å². The summed E-state index contributed by atoms with van der Waals surface area (Å²) in [5.74, 6) is 0. The number of piperazine rings is 1. The summed E-state index contributed by atoms with van der Waals surface area (Å²) >= 11 is 11.9. The van der Waals surface area contributed by atoms with Gasteiger partial charge in [0, 0.05) is 25.7 Å². The van der Waals surface area contributed by atoms with Crippen molar-refractivity contribution in [3.05, 3.63) is 33.8 Å². The van der Waals surface area contributed by atoms with Crippen LogP contribution in [0.5, 0.6) is 0 Å². The normalized spacial score (nSPS) is 23.0. The van der Waals surface area contributed by atoms with E-state index in [0.29, 0.717) is 16.1 Å². The number of likely N-dealkylation sites (N-methyl/N-ethyl adjacent to an activating group) is 1. The summed E-state index contributed by atoms with van der Waals surface area (Å²) in [6, 6.07) is 6.26. The quantitative estimate of drug-likeness (QED) is 0.818. The van der Waals surface area contributed by atoms with Gasteiger partial charge in [0.2, 0.25) is 0 Å². The van der Waals surface area contributed by atoms with Crippen molar-refractivity contribution in [1.29, 1.82) is 0 Å². The van der Waals surface area contributed by atoms with E-state index in [2.05, 4.69) is 17.3 Å². The lowest BCUT2D eigenvalue weighted by Gasteiger charge is -2.33. The Hall–Kier alpha value is -0.280. The molecule has 1 unspecified atom stereocenters. The number of nitrogens with one attached hydrogen (secondary N) is 1. The molecule has 82 valence electrons. The van der Waals surface area contributed by atoms with E-state index in [1.165, 1.54) is 5.56 Å². The maximum absolute atomic E-state index is 6.01. The highest BCUT2D eigenvalue weighted by Crippen LogP contribution is 2.28. The maximum atomic E-state index is 6.01. The Bertz CT molecular complexity index is 354. The molecule has 0 saturated carbocycles. The second-order valence-corrected chi connectivity index (χ2v) is 4.69. The molecule has 2 rings (SSSR count). The minimum atomic E-state index is 0.397. The fourth-order valence-electron chi connectivity index (χ4n) is 1.90. The Kier molecular flexibility index (Phi) is 3.52. The third-order valence-electron chi connectivity index (χ3n) is 2.84. The largest absolute Gasteiger partial charge is 0.314 e. The van der Waals surface area contributed by atoms with Gasteiger partial charge in [0.1, 0.15) is 0 Å². The van der Waals surface area contributed by atoms with E-state index in [1.807, 2.05) is 18.2 Å². The first-order chi connectivity index (χ1) is 7.18. The number of nitrogens with zero attached hydrogens (tertiary/aromatic N) is 1. The minimum absolute atomic E-state index is 0.397. The zero-order valence-corrected chi connectivity index (χ0v) is 10.1. The smallest absolute Gasteiger partial charge is 0.0595 e. The summed E-state index contributed by atoms with van der Waals surface area (Å²) in [6.45, 7) is 3.08. The Morgan fingerprint density at radius 1 is 1.33 bits per heavy atom. The van der Waals surface area contributed by atoms with Crippen molar-refractivity contribution in [3.8, 4) is 0 Å². The van der Waals surface area contributed by atoms with Crippen molar-refractivity contribution in [1.82, 2.24) is 10.2 Å². The number of benzene rings is 1. The first-order valence-electron chi connectivity index (χ1n) is 5.04. The predicted octanol–water partition coefficient (Wildman–Crippen LogP) is 2.57. The van der Waals surface area contributed by atoms with Crippen LogP contribution in [-0.2, 0) is 0 Å². The molecule has 1 saturated heterocycles. The molecule has 1 heterocycles. The summed E-state index contributed by atoms with van der Waals surface area (Å²) in [7, 11) is 2.13. The van der Waals surface area contributed by atoms with E-state index < -0.39 is 0 Å². The summed E-state index contributed by atoms with van der Waals surface area (Å²) in [5, 5.41) is 4.63. The Morgan fingerprint density at radius 3 is 2.80 bits per heavy atom. The van der Waals surface area contributed by atoms with Crippen molar-refractivity contribution in [2.24, 2.45) is 0 Å². The molecule has 1 aliphatic heterocycles. The molecular weight excluding hydrogens is 231 g/mol. The molecule has 1 aromatic rings. The molecule has 1 N–H and O–H groups in total. The standard InChI is InChI=1S/C11H14Cl2N2/c1-15-5-4-14-7-11(15)8-2-3-9(12)10(13)6-8/h2-3,6,11,14H,4-5,7H2,1H3. The van der Waals surface area contributed by atoms with Gasteiger partial charge in [-0.2, -0.15) is 0 Å². The van der Waals surface area contributed by atoms with Crippen molar-refractivity contribution in [2.45, 2.75) is 6.04 Å². The molecule has 1 aromatic carbocycles. The zero-order chi connectivity index (χ0) is 10.8. The van der Waals surface area contributed by atoms with E-state index >= 15 is 0 Å². The van der Waals surface area contributed by atoms with Gasteiger partial charge >= 0.3 is 0 Å². The van der Waals surface area contributed by atoms with Crippen molar-refractivity contribution >= 4 is 23.2 Å². The molecule has 0 spiro atoms. The molecule has 1 atom stereocenters. The van der Waals surface area contributed by atoms with E-state index in [4.69, 9.17) is 23.2 Å². The van der Waals surface area contributed by atoms with Crippen LogP contribution in [0.2, 0.25) is 10.0 Å². The van der Waals surface area contributed by atoms with E-state index in [1.54, 1.807) is 0 Å². The lowest BCUT2D eigenvalue weighted by atomic mass is 10.0. The molecule has 2 nitrogen and oxygen atoms in total. The minimum Gasteiger partial charge on any atom is -0.314 e. The second-order valence-electron chi connectivity index (χ2n) is 3.87. The van der Waals surface area contributed by atoms with Crippen LogP contribution in [0.15, 0.2) is 18.2 Å². The molecule has 1 aliphatic rings. The Labute approximate surface area is 100 Å². The third kappa shape index (κ3) is 2.45. The van der Waals surface area contributed by atoms with Gasteiger partial charge in [-0.15, -0.1) is 0 Å². The zero-order valence-electron chi connectivity index (χ0n) is 8.63. The molecule has 15 heavy (non-hydrogen) atoms. The third-order valence-corrected chi connectivity index (χ3v) is 3.58. The molecule has 0 bridgehead atoms. The topological polar surface area (TPSA) is 15.3 Å². The molecule has 1 fully saturated rings. The summed E-state index contributed by atoms with van der Waals surface area (Å²) in [6.07, 6.45) is 0. The highest BCUT2D eigenvalue weighted by molar-refractivity contribution is 6.42. The number of halogens is 2. The van der Waals surface area contributed by atoms with Gasteiger partial charge in [0.25, 0.3) is 0 Å². The van der Waals surface area contributed by atoms with Crippen LogP contribution in [0.4, 0.5) is 0 Å². The van der Waals surface area contributed by atoms with Crippen LogP contribution >= 0.6 is 23.2 Å². The van der Waals surface area contributed by atoms with Gasteiger partial charge in [-0.3, -0.25) is 4.90 Å². The lowest BCUT2D eigenvalue weighted by Crippen LogP contribution is -2.43. The van der Waals surface area contributed by atoms with Gasteiger partial charge < -0.3 is 5.32 Å². The Balaban J connectivity index is 2.24. The fraction of sp³-hybridized carbons (Fsp3) is 0.455. The van der Waals surface area contributed by atoms with Crippen LogP contribution in [0.1, 0.15) is 11.6 Å². The molecule has 0 aromatic heterocycles. The van der Waals surface area contributed by atoms with Gasteiger partial charge in [-0.05, 0) is 24.7 Å². The second kappa shape index (κ2) is 4.71. The van der Waals surface area contributed by atoms with E-state index in [-0.39, 0.29) is 0 Å². The van der Waals surface area contributed by atoms with Crippen molar-refractivity contribution in [2.75, 3.05) is 26.7 Å². The monoisotopic (exact) mass is 244 g/mol. The molecule has 4 heteroatoms. The maximum Gasteiger partial charge on any atom is 0.0595 e. The summed E-state index contributed by atoms with van der Waals surface area (Å²) < 4.78 is 0. The number of hydrogen-bond donors (Lipinski definition) is 1. The average molecular weight is 245 g/mol. The van der Waals surface area contributed by atoms with Crippen LogP contribution in [0.25, 0.3) is 0 Å². The molecular formula is C11H14Cl2N2. The SMILES string of the molecule is CN1CCNCC1c1ccc(Cl)c(Cl)c1. The van der Waals surface area contributed by atoms with E-state index in [9.17, 15) is 0 Å². The Morgan fingerprint density at radius 2 is 2.13 bits per heavy atom. The van der Waals surface area contributed by atoms with Crippen molar-refractivity contribution in [3.63, 3.8) is 0 Å². The number of hydrogen-bond acceptors (Lipinski definition) is 2. The molecule has 0 aliphatic carbocycles. The van der Waals surface area contributed by atoms with E-state index in [0.717, 1.165) is 19.6 Å². The highest BCUT2D eigenvalue weighted by Gasteiger charge is 2.20. The lowest BCUT2D eigenvalue weighted by molar-refractivity contribution is 0.202. The summed E-state index contributed by atoms with van der Waals surface area (Å²) in [4.78, 5) is 2.33. The molecule has 0 amide bonds. The average Bonchev–Trinajstić information content (AvgIpc) is 2.23. The first kappa shape index (κ1) is 11.2. The van der Waals surface area contributed by atoms with Gasteiger partial charge in [0.05, 0.1) is 10.0 Å². The molecule has 0 radical (unpaired) electrons.